The summed E-state index contributed by atoms with van der Waals surface area (Å²) in [5, 5.41) is 0.566. The van der Waals surface area contributed by atoms with E-state index in [0.29, 0.717) is 5.02 Å². The van der Waals surface area contributed by atoms with E-state index in [1.54, 1.807) is 18.2 Å². The van der Waals surface area contributed by atoms with Gasteiger partial charge in [-0.05, 0) is 40.3 Å². The molecule has 0 unspecified atom stereocenters. The number of hydrogen-bond acceptors (Lipinski definition) is 3. The molecule has 0 N–H and O–H groups in total. The third-order valence-electron chi connectivity index (χ3n) is 3.35. The summed E-state index contributed by atoms with van der Waals surface area (Å²) < 4.78 is 3.80. The monoisotopic (exact) mass is 459 g/mol. The molecule has 0 atom stereocenters. The molecule has 0 aliphatic rings. The van der Waals surface area contributed by atoms with Gasteiger partial charge < -0.3 is 0 Å². The third kappa shape index (κ3) is 3.62. The lowest BCUT2D eigenvalue weighted by Crippen LogP contribution is -2.54. The minimum atomic E-state index is -0.674. The van der Waals surface area contributed by atoms with E-state index in [4.69, 9.17) is 11.6 Å². The fraction of sp³-hybridized carbons (Fsp3) is 0.188. The maximum atomic E-state index is 12.6. The smallest absolute Gasteiger partial charge is 0.247 e. The van der Waals surface area contributed by atoms with Gasteiger partial charge in [-0.2, -0.15) is 0 Å². The average molecular weight is 460 g/mol. The van der Waals surface area contributed by atoms with Crippen molar-refractivity contribution in [2.75, 3.05) is 0 Å². The molecule has 1 aromatic heterocycles. The average Bonchev–Trinajstić information content (AvgIpc) is 2.54. The standard InChI is InChI=1S/C16H15ClIN3O3/c1-3-7-19-14(22)20(8-4-2)16(24)21(15(19)23)10-11-5-6-12(17)9-13(11)18/h3-6,9H,1-2,7-8,10H2. The lowest BCUT2D eigenvalue weighted by molar-refractivity contribution is 0.498. The molecule has 24 heavy (non-hydrogen) atoms. The number of allylic oxidation sites excluding steroid dienone is 2. The summed E-state index contributed by atoms with van der Waals surface area (Å²) in [7, 11) is 0. The minimum absolute atomic E-state index is 0.0206. The predicted molar refractivity (Wildman–Crippen MR) is 103 cm³/mol. The van der Waals surface area contributed by atoms with Gasteiger partial charge in [-0.3, -0.25) is 0 Å². The maximum absolute atomic E-state index is 12.6. The van der Waals surface area contributed by atoms with Crippen LogP contribution < -0.4 is 17.1 Å². The van der Waals surface area contributed by atoms with E-state index in [9.17, 15) is 14.4 Å². The van der Waals surface area contributed by atoms with Crippen molar-refractivity contribution in [1.29, 1.82) is 0 Å². The molecule has 1 aromatic carbocycles. The van der Waals surface area contributed by atoms with Crippen LogP contribution in [-0.4, -0.2) is 13.7 Å². The molecule has 6 nitrogen and oxygen atoms in total. The van der Waals surface area contributed by atoms with Gasteiger partial charge in [0.05, 0.1) is 19.6 Å². The Morgan fingerprint density at radius 3 is 1.92 bits per heavy atom. The highest BCUT2D eigenvalue weighted by atomic mass is 127. The number of hydrogen-bond donors (Lipinski definition) is 0. The van der Waals surface area contributed by atoms with Crippen molar-refractivity contribution < 1.29 is 0 Å². The summed E-state index contributed by atoms with van der Waals surface area (Å²) in [6.07, 6.45) is 2.86. The fourth-order valence-electron chi connectivity index (χ4n) is 2.21. The Balaban J connectivity index is 2.70. The summed E-state index contributed by atoms with van der Waals surface area (Å²) in [6.45, 7) is 7.17. The molecule has 0 aliphatic carbocycles. The minimum Gasteiger partial charge on any atom is -0.247 e. The Bertz CT molecular complexity index is 924. The molecule has 0 spiro atoms. The van der Waals surface area contributed by atoms with Crippen molar-refractivity contribution in [3.8, 4) is 0 Å². The number of aromatic nitrogens is 3. The van der Waals surface area contributed by atoms with Crippen LogP contribution in [0.1, 0.15) is 5.56 Å². The Labute approximate surface area is 156 Å². The van der Waals surface area contributed by atoms with E-state index in [0.717, 1.165) is 22.8 Å². The molecule has 0 fully saturated rings. The number of halogens is 2. The van der Waals surface area contributed by atoms with Gasteiger partial charge >= 0.3 is 17.1 Å². The van der Waals surface area contributed by atoms with E-state index < -0.39 is 17.1 Å². The molecule has 2 rings (SSSR count). The largest absolute Gasteiger partial charge is 0.336 e. The van der Waals surface area contributed by atoms with Crippen molar-refractivity contribution in [3.63, 3.8) is 0 Å². The molecule has 0 aliphatic heterocycles. The Morgan fingerprint density at radius 1 is 0.958 bits per heavy atom. The van der Waals surface area contributed by atoms with Gasteiger partial charge in [0, 0.05) is 8.59 Å². The number of benzene rings is 1. The second-order valence-electron chi connectivity index (χ2n) is 4.97. The van der Waals surface area contributed by atoms with Gasteiger partial charge in [0.25, 0.3) is 0 Å². The maximum Gasteiger partial charge on any atom is 0.336 e. The third-order valence-corrected chi connectivity index (χ3v) is 4.59. The zero-order chi connectivity index (χ0) is 17.9. The highest BCUT2D eigenvalue weighted by Crippen LogP contribution is 2.18. The molecule has 0 saturated heterocycles. The quantitative estimate of drug-likeness (QED) is 0.489. The SMILES string of the molecule is C=CCn1c(=O)n(CC=C)c(=O)n(Cc2ccc(Cl)cc2I)c1=O. The van der Waals surface area contributed by atoms with Crippen LogP contribution in [0.5, 0.6) is 0 Å². The van der Waals surface area contributed by atoms with Crippen LogP contribution in [0.3, 0.4) is 0 Å². The van der Waals surface area contributed by atoms with Gasteiger partial charge in [-0.1, -0.05) is 29.8 Å². The molecular formula is C16H15ClIN3O3. The Morgan fingerprint density at radius 2 is 1.46 bits per heavy atom. The Kier molecular flexibility index (Phi) is 6.00. The Hall–Kier alpha value is -1.87. The summed E-state index contributed by atoms with van der Waals surface area (Å²) in [6, 6.07) is 5.17. The first-order valence-corrected chi connectivity index (χ1v) is 8.46. The molecule has 0 amide bonds. The highest BCUT2D eigenvalue weighted by molar-refractivity contribution is 14.1. The molecule has 126 valence electrons. The topological polar surface area (TPSA) is 66.0 Å². The molecule has 2 aromatic rings. The summed E-state index contributed by atoms with van der Waals surface area (Å²) in [4.78, 5) is 37.4. The van der Waals surface area contributed by atoms with Crippen LogP contribution in [0.2, 0.25) is 5.02 Å². The van der Waals surface area contributed by atoms with Gasteiger partial charge in [0.2, 0.25) is 0 Å². The van der Waals surface area contributed by atoms with Crippen molar-refractivity contribution >= 4 is 34.2 Å². The highest BCUT2D eigenvalue weighted by Gasteiger charge is 2.15. The van der Waals surface area contributed by atoms with Crippen molar-refractivity contribution in [3.05, 3.63) is 89.1 Å². The van der Waals surface area contributed by atoms with Gasteiger partial charge in [-0.15, -0.1) is 13.2 Å². The van der Waals surface area contributed by atoms with E-state index in [1.165, 1.54) is 12.2 Å². The first-order chi connectivity index (χ1) is 11.4. The molecule has 8 heteroatoms. The summed E-state index contributed by atoms with van der Waals surface area (Å²) >= 11 is 8.01. The van der Waals surface area contributed by atoms with Crippen LogP contribution >= 0.6 is 34.2 Å². The van der Waals surface area contributed by atoms with E-state index in [-0.39, 0.29) is 19.6 Å². The molecule has 0 bridgehead atoms. The van der Waals surface area contributed by atoms with E-state index in [2.05, 4.69) is 35.7 Å². The van der Waals surface area contributed by atoms with Crippen LogP contribution in [0, 0.1) is 3.57 Å². The number of rotatable bonds is 6. The van der Waals surface area contributed by atoms with Gasteiger partial charge in [0.1, 0.15) is 0 Å². The fourth-order valence-corrected chi connectivity index (χ4v) is 3.25. The van der Waals surface area contributed by atoms with Crippen LogP contribution in [0.25, 0.3) is 0 Å². The zero-order valence-electron chi connectivity index (χ0n) is 12.7. The predicted octanol–water partition coefficient (Wildman–Crippen LogP) is 1.85. The van der Waals surface area contributed by atoms with Crippen LogP contribution in [0.15, 0.2) is 57.9 Å². The van der Waals surface area contributed by atoms with Crippen molar-refractivity contribution in [1.82, 2.24) is 13.7 Å². The van der Waals surface area contributed by atoms with E-state index in [1.807, 2.05) is 0 Å². The molecule has 0 radical (unpaired) electrons. The van der Waals surface area contributed by atoms with Crippen LogP contribution in [-0.2, 0) is 19.6 Å². The summed E-state index contributed by atoms with van der Waals surface area (Å²) in [5.74, 6) is 0. The summed E-state index contributed by atoms with van der Waals surface area (Å²) in [5.41, 5.74) is -1.26. The lowest BCUT2D eigenvalue weighted by Gasteiger charge is -2.13. The molecular weight excluding hydrogens is 445 g/mol. The van der Waals surface area contributed by atoms with Crippen molar-refractivity contribution in [2.24, 2.45) is 0 Å². The molecule has 0 saturated carbocycles. The van der Waals surface area contributed by atoms with Gasteiger partial charge in [-0.25, -0.2) is 28.1 Å². The molecule has 1 heterocycles. The zero-order valence-corrected chi connectivity index (χ0v) is 15.7. The first kappa shape index (κ1) is 18.5. The second kappa shape index (κ2) is 7.80. The normalized spacial score (nSPS) is 10.6. The number of nitrogens with zero attached hydrogens (tertiary/aromatic N) is 3. The lowest BCUT2D eigenvalue weighted by atomic mass is 10.2. The van der Waals surface area contributed by atoms with Crippen LogP contribution in [0.4, 0.5) is 0 Å². The van der Waals surface area contributed by atoms with Gasteiger partial charge in [0.15, 0.2) is 0 Å². The van der Waals surface area contributed by atoms with Crippen molar-refractivity contribution in [2.45, 2.75) is 19.6 Å². The van der Waals surface area contributed by atoms with E-state index >= 15 is 0 Å². The first-order valence-electron chi connectivity index (χ1n) is 7.01. The second-order valence-corrected chi connectivity index (χ2v) is 6.57.